The number of hydrogen-bond acceptors (Lipinski definition) is 4. The fourth-order valence-electron chi connectivity index (χ4n) is 2.73. The molecule has 7 nitrogen and oxygen atoms in total. The van der Waals surface area contributed by atoms with Crippen LogP contribution in [0.15, 0.2) is 24.5 Å². The lowest BCUT2D eigenvalue weighted by atomic mass is 9.96. The zero-order chi connectivity index (χ0) is 16.8. The smallest absolute Gasteiger partial charge is 0.305 e. The summed E-state index contributed by atoms with van der Waals surface area (Å²) in [7, 11) is 1.61. The number of hydrogen-bond donors (Lipinski definition) is 1. The van der Waals surface area contributed by atoms with Crippen molar-refractivity contribution < 1.29 is 19.5 Å². The minimum absolute atomic E-state index is 0.0748. The minimum Gasteiger partial charge on any atom is -0.481 e. The van der Waals surface area contributed by atoms with Crippen molar-refractivity contribution in [1.29, 1.82) is 0 Å². The number of amides is 2. The molecule has 1 aliphatic heterocycles. The van der Waals surface area contributed by atoms with Crippen molar-refractivity contribution in [1.82, 2.24) is 14.8 Å². The van der Waals surface area contributed by atoms with Crippen LogP contribution in [0.1, 0.15) is 29.6 Å². The third-order valence-corrected chi connectivity index (χ3v) is 4.02. The van der Waals surface area contributed by atoms with E-state index >= 15 is 0 Å². The van der Waals surface area contributed by atoms with Crippen molar-refractivity contribution in [2.24, 2.45) is 5.92 Å². The largest absolute Gasteiger partial charge is 0.481 e. The van der Waals surface area contributed by atoms with Gasteiger partial charge in [-0.2, -0.15) is 0 Å². The van der Waals surface area contributed by atoms with E-state index in [9.17, 15) is 14.4 Å². The number of aromatic nitrogens is 1. The molecule has 23 heavy (non-hydrogen) atoms. The zero-order valence-electron chi connectivity index (χ0n) is 13.1. The molecule has 2 rings (SSSR count). The SMILES string of the molecule is CN(CCC(=O)O)C(=O)C1CCCN(C(=O)c2ccncc2)C1. The zero-order valence-corrected chi connectivity index (χ0v) is 13.1. The van der Waals surface area contributed by atoms with Gasteiger partial charge in [0.1, 0.15) is 0 Å². The number of rotatable bonds is 5. The van der Waals surface area contributed by atoms with Crippen molar-refractivity contribution in [2.75, 3.05) is 26.7 Å². The van der Waals surface area contributed by atoms with E-state index in [0.29, 0.717) is 18.7 Å². The second-order valence-corrected chi connectivity index (χ2v) is 5.73. The van der Waals surface area contributed by atoms with Crippen LogP contribution in [-0.4, -0.2) is 64.4 Å². The number of aliphatic carboxylic acids is 1. The van der Waals surface area contributed by atoms with E-state index in [2.05, 4.69) is 4.98 Å². The van der Waals surface area contributed by atoms with Crippen LogP contribution >= 0.6 is 0 Å². The van der Waals surface area contributed by atoms with Crippen LogP contribution in [0.25, 0.3) is 0 Å². The van der Waals surface area contributed by atoms with Crippen molar-refractivity contribution in [2.45, 2.75) is 19.3 Å². The molecule has 1 N–H and O–H groups in total. The Bertz CT molecular complexity index is 576. The van der Waals surface area contributed by atoms with Crippen LogP contribution in [0, 0.1) is 5.92 Å². The Hall–Kier alpha value is -2.44. The molecular formula is C16H21N3O4. The van der Waals surface area contributed by atoms with Crippen molar-refractivity contribution in [3.63, 3.8) is 0 Å². The lowest BCUT2D eigenvalue weighted by Crippen LogP contribution is -2.46. The lowest BCUT2D eigenvalue weighted by molar-refractivity contribution is -0.139. The Kier molecular flexibility index (Phi) is 5.67. The number of piperidine rings is 1. The van der Waals surface area contributed by atoms with Gasteiger partial charge in [-0.25, -0.2) is 0 Å². The standard InChI is InChI=1S/C16H21N3O4/c1-18(10-6-14(20)21)15(22)13-3-2-9-19(11-13)16(23)12-4-7-17-8-5-12/h4-5,7-8,13H,2-3,6,9-11H2,1H3,(H,20,21). The number of likely N-dealkylation sites (tertiary alicyclic amines) is 1. The van der Waals surface area contributed by atoms with Gasteiger partial charge in [-0.3, -0.25) is 19.4 Å². The molecule has 1 aromatic heterocycles. The number of carbonyl (C=O) groups excluding carboxylic acids is 2. The summed E-state index contributed by atoms with van der Waals surface area (Å²) in [5, 5.41) is 8.70. The molecule has 7 heteroatoms. The summed E-state index contributed by atoms with van der Waals surface area (Å²) in [6.07, 6.45) is 4.55. The summed E-state index contributed by atoms with van der Waals surface area (Å²) < 4.78 is 0. The molecule has 0 radical (unpaired) electrons. The van der Waals surface area contributed by atoms with Gasteiger partial charge in [0, 0.05) is 44.6 Å². The van der Waals surface area contributed by atoms with E-state index in [1.807, 2.05) is 0 Å². The molecule has 1 saturated heterocycles. The van der Waals surface area contributed by atoms with E-state index < -0.39 is 5.97 Å². The number of nitrogens with zero attached hydrogens (tertiary/aromatic N) is 3. The summed E-state index contributed by atoms with van der Waals surface area (Å²) in [5.41, 5.74) is 0.562. The molecule has 1 atom stereocenters. The summed E-state index contributed by atoms with van der Waals surface area (Å²) in [6.45, 7) is 1.18. The first kappa shape index (κ1) is 16.9. The molecule has 2 heterocycles. The fraction of sp³-hybridized carbons (Fsp3) is 0.500. The molecule has 1 unspecified atom stereocenters. The molecule has 0 aromatic carbocycles. The Morgan fingerprint density at radius 3 is 2.70 bits per heavy atom. The molecule has 1 aromatic rings. The van der Waals surface area contributed by atoms with Crippen LogP contribution in [0.3, 0.4) is 0 Å². The molecular weight excluding hydrogens is 298 g/mol. The summed E-state index contributed by atoms with van der Waals surface area (Å²) >= 11 is 0. The lowest BCUT2D eigenvalue weighted by Gasteiger charge is -2.34. The Labute approximate surface area is 134 Å². The van der Waals surface area contributed by atoms with Crippen LogP contribution in [0.5, 0.6) is 0 Å². The highest BCUT2D eigenvalue weighted by Gasteiger charge is 2.30. The second kappa shape index (κ2) is 7.71. The van der Waals surface area contributed by atoms with E-state index in [4.69, 9.17) is 5.11 Å². The predicted octanol–water partition coefficient (Wildman–Crippen LogP) is 0.867. The molecule has 0 bridgehead atoms. The van der Waals surface area contributed by atoms with Crippen molar-refractivity contribution >= 4 is 17.8 Å². The van der Waals surface area contributed by atoms with Gasteiger partial charge < -0.3 is 14.9 Å². The Morgan fingerprint density at radius 2 is 2.04 bits per heavy atom. The van der Waals surface area contributed by atoms with Gasteiger partial charge in [0.25, 0.3) is 5.91 Å². The Balaban J connectivity index is 1.96. The third kappa shape index (κ3) is 4.51. The van der Waals surface area contributed by atoms with E-state index in [-0.39, 0.29) is 30.7 Å². The van der Waals surface area contributed by atoms with E-state index in [0.717, 1.165) is 12.8 Å². The van der Waals surface area contributed by atoms with Crippen LogP contribution in [0.4, 0.5) is 0 Å². The fourth-order valence-corrected chi connectivity index (χ4v) is 2.73. The molecule has 0 aliphatic carbocycles. The highest BCUT2D eigenvalue weighted by molar-refractivity contribution is 5.94. The number of pyridine rings is 1. The first-order valence-corrected chi connectivity index (χ1v) is 7.65. The maximum absolute atomic E-state index is 12.4. The minimum atomic E-state index is -0.928. The first-order chi connectivity index (χ1) is 11.0. The van der Waals surface area contributed by atoms with Gasteiger partial charge in [0.15, 0.2) is 0 Å². The molecule has 1 aliphatic rings. The maximum atomic E-state index is 12.4. The topological polar surface area (TPSA) is 90.8 Å². The van der Waals surface area contributed by atoms with Gasteiger partial charge in [-0.1, -0.05) is 0 Å². The quantitative estimate of drug-likeness (QED) is 0.869. The van der Waals surface area contributed by atoms with E-state index in [1.54, 1.807) is 36.5 Å². The Morgan fingerprint density at radius 1 is 1.35 bits per heavy atom. The average Bonchev–Trinajstić information content (AvgIpc) is 2.59. The van der Waals surface area contributed by atoms with Gasteiger partial charge in [0.05, 0.1) is 12.3 Å². The van der Waals surface area contributed by atoms with Gasteiger partial charge in [0.2, 0.25) is 5.91 Å². The number of carboxylic acid groups (broad SMARTS) is 1. The predicted molar refractivity (Wildman–Crippen MR) is 82.8 cm³/mol. The van der Waals surface area contributed by atoms with Gasteiger partial charge >= 0.3 is 5.97 Å². The van der Waals surface area contributed by atoms with E-state index in [1.165, 1.54) is 4.90 Å². The van der Waals surface area contributed by atoms with Crippen LogP contribution in [-0.2, 0) is 9.59 Å². The van der Waals surface area contributed by atoms with Gasteiger partial charge in [-0.05, 0) is 25.0 Å². The molecule has 0 saturated carbocycles. The highest BCUT2D eigenvalue weighted by Crippen LogP contribution is 2.20. The third-order valence-electron chi connectivity index (χ3n) is 4.02. The van der Waals surface area contributed by atoms with Gasteiger partial charge in [-0.15, -0.1) is 0 Å². The number of carboxylic acids is 1. The molecule has 0 spiro atoms. The summed E-state index contributed by atoms with van der Waals surface area (Å²) in [5.74, 6) is -1.40. The highest BCUT2D eigenvalue weighted by atomic mass is 16.4. The molecule has 124 valence electrons. The average molecular weight is 319 g/mol. The van der Waals surface area contributed by atoms with Crippen molar-refractivity contribution in [3.8, 4) is 0 Å². The van der Waals surface area contributed by atoms with Crippen molar-refractivity contribution in [3.05, 3.63) is 30.1 Å². The molecule has 1 fully saturated rings. The molecule has 2 amide bonds. The van der Waals surface area contributed by atoms with Crippen LogP contribution in [0.2, 0.25) is 0 Å². The first-order valence-electron chi connectivity index (χ1n) is 7.65. The summed E-state index contributed by atoms with van der Waals surface area (Å²) in [6, 6.07) is 3.32. The monoisotopic (exact) mass is 319 g/mol. The normalized spacial score (nSPS) is 17.6. The van der Waals surface area contributed by atoms with Crippen LogP contribution < -0.4 is 0 Å². The maximum Gasteiger partial charge on any atom is 0.305 e. The number of carbonyl (C=O) groups is 3. The second-order valence-electron chi connectivity index (χ2n) is 5.73. The summed E-state index contributed by atoms with van der Waals surface area (Å²) in [4.78, 5) is 42.5.